The van der Waals surface area contributed by atoms with E-state index in [0.29, 0.717) is 28.1 Å². The van der Waals surface area contributed by atoms with Crippen molar-refractivity contribution in [2.75, 3.05) is 0 Å². The van der Waals surface area contributed by atoms with Crippen molar-refractivity contribution >= 4 is 43.6 Å². The Morgan fingerprint density at radius 1 is 0.439 bits per heavy atom. The first-order chi connectivity index (χ1) is 27.8. The maximum atomic E-state index is 14.9. The van der Waals surface area contributed by atoms with Gasteiger partial charge in [0.05, 0.1) is 39.0 Å². The van der Waals surface area contributed by atoms with Gasteiger partial charge in [-0.05, 0) is 100 Å². The highest BCUT2D eigenvalue weighted by Crippen LogP contribution is 2.45. The Bertz CT molecular complexity index is 3060. The highest BCUT2D eigenvalue weighted by molar-refractivity contribution is 6.12. The molecule has 0 unspecified atom stereocenters. The van der Waals surface area contributed by atoms with Gasteiger partial charge >= 0.3 is 6.18 Å². The van der Waals surface area contributed by atoms with Crippen LogP contribution in [0.5, 0.6) is 0 Å². The molecule has 8 aromatic carbocycles. The highest BCUT2D eigenvalue weighted by atomic mass is 19.4. The number of fused-ring (bicyclic) bond motifs is 6. The van der Waals surface area contributed by atoms with Gasteiger partial charge in [0.25, 0.3) is 0 Å². The van der Waals surface area contributed by atoms with E-state index < -0.39 is 11.7 Å². The van der Waals surface area contributed by atoms with Gasteiger partial charge < -0.3 is 9.13 Å². The Hall–Kier alpha value is -7.36. The molecule has 0 fully saturated rings. The third-order valence-corrected chi connectivity index (χ3v) is 11.1. The molecule has 2 heterocycles. The van der Waals surface area contributed by atoms with Gasteiger partial charge in [-0.25, -0.2) is 0 Å². The number of nitrogens with zero attached hydrogens (tertiary/aromatic N) is 3. The molecule has 10 aromatic rings. The largest absolute Gasteiger partial charge is 0.417 e. The van der Waals surface area contributed by atoms with E-state index in [0.717, 1.165) is 71.9 Å². The number of aromatic nitrogens is 2. The van der Waals surface area contributed by atoms with Crippen molar-refractivity contribution in [3.8, 4) is 50.8 Å². The molecule has 0 aliphatic heterocycles. The second kappa shape index (κ2) is 13.1. The normalized spacial score (nSPS) is 11.8. The number of aryl methyl sites for hydroxylation is 1. The summed E-state index contributed by atoms with van der Waals surface area (Å²) in [6, 6.07) is 59.2. The van der Waals surface area contributed by atoms with Gasteiger partial charge in [-0.1, -0.05) is 121 Å². The average Bonchev–Trinajstić information content (AvgIpc) is 3.75. The molecule has 3 nitrogen and oxygen atoms in total. The van der Waals surface area contributed by atoms with Gasteiger partial charge in [0.2, 0.25) is 0 Å². The molecule has 0 bridgehead atoms. The van der Waals surface area contributed by atoms with Crippen LogP contribution in [0, 0.1) is 18.3 Å². The lowest BCUT2D eigenvalue weighted by molar-refractivity contribution is -0.137. The van der Waals surface area contributed by atoms with Crippen LogP contribution in [0.25, 0.3) is 88.4 Å². The van der Waals surface area contributed by atoms with Crippen LogP contribution in [0.15, 0.2) is 176 Å². The molecule has 0 saturated carbocycles. The Labute approximate surface area is 326 Å². The zero-order valence-corrected chi connectivity index (χ0v) is 30.7. The lowest BCUT2D eigenvalue weighted by atomic mass is 9.92. The van der Waals surface area contributed by atoms with Gasteiger partial charge in [0.1, 0.15) is 11.6 Å². The third-order valence-electron chi connectivity index (χ3n) is 11.1. The fourth-order valence-electron chi connectivity index (χ4n) is 8.60. The Kier molecular flexibility index (Phi) is 7.88. The standard InChI is InChI=1S/C51H32F3N3/c1-32-13-12-20-43(51(52,53)54)50(32)37-29-48(56-44-21-10-8-18-38(44)40-27-35(23-25-46(40)56)33-14-4-2-5-15-33)42(31-55)49(30-37)57-45-22-11-9-19-39(45)41-28-36(24-26-47(41)57)34-16-6-3-7-17-34/h2-30H,1H3. The molecular weight excluding hydrogens is 712 g/mol. The molecule has 0 aliphatic carbocycles. The maximum Gasteiger partial charge on any atom is 0.417 e. The van der Waals surface area contributed by atoms with E-state index in [1.807, 2.05) is 94.1 Å². The van der Waals surface area contributed by atoms with Crippen LogP contribution in [-0.4, -0.2) is 9.13 Å². The number of alkyl halides is 3. The summed E-state index contributed by atoms with van der Waals surface area (Å²) in [6.07, 6.45) is -4.61. The Morgan fingerprint density at radius 3 is 1.37 bits per heavy atom. The van der Waals surface area contributed by atoms with E-state index in [1.54, 1.807) is 25.1 Å². The smallest absolute Gasteiger partial charge is 0.308 e. The van der Waals surface area contributed by atoms with Crippen LogP contribution in [-0.2, 0) is 6.18 Å². The number of hydrogen-bond donors (Lipinski definition) is 0. The minimum absolute atomic E-state index is 0.0799. The van der Waals surface area contributed by atoms with E-state index >= 15 is 0 Å². The number of rotatable bonds is 5. The predicted octanol–water partition coefficient (Wildman–Crippen LogP) is 14.1. The number of hydrogen-bond acceptors (Lipinski definition) is 1. The van der Waals surface area contributed by atoms with Crippen molar-refractivity contribution in [1.29, 1.82) is 5.26 Å². The molecule has 0 amide bonds. The van der Waals surface area contributed by atoms with Crippen LogP contribution in [0.2, 0.25) is 0 Å². The summed E-state index contributed by atoms with van der Waals surface area (Å²) in [5.74, 6) is 0. The van der Waals surface area contributed by atoms with Gasteiger partial charge in [0.15, 0.2) is 0 Å². The van der Waals surface area contributed by atoms with Crippen molar-refractivity contribution in [3.05, 3.63) is 193 Å². The van der Waals surface area contributed by atoms with Gasteiger partial charge in [-0.3, -0.25) is 0 Å². The molecule has 0 aliphatic rings. The molecule has 272 valence electrons. The van der Waals surface area contributed by atoms with Crippen LogP contribution in [0.3, 0.4) is 0 Å². The number of nitriles is 1. The fraction of sp³-hybridized carbons (Fsp3) is 0.0392. The number of para-hydroxylation sites is 2. The van der Waals surface area contributed by atoms with E-state index in [9.17, 15) is 18.4 Å². The average molecular weight is 744 g/mol. The zero-order chi connectivity index (χ0) is 38.8. The van der Waals surface area contributed by atoms with Gasteiger partial charge in [-0.15, -0.1) is 0 Å². The highest BCUT2D eigenvalue weighted by Gasteiger charge is 2.35. The first-order valence-corrected chi connectivity index (χ1v) is 18.7. The summed E-state index contributed by atoms with van der Waals surface area (Å²) in [6.45, 7) is 1.71. The molecule has 57 heavy (non-hydrogen) atoms. The predicted molar refractivity (Wildman–Crippen MR) is 226 cm³/mol. The molecule has 6 heteroatoms. The second-order valence-electron chi connectivity index (χ2n) is 14.4. The van der Waals surface area contributed by atoms with Crippen molar-refractivity contribution < 1.29 is 13.2 Å². The van der Waals surface area contributed by atoms with E-state index in [-0.39, 0.29) is 5.56 Å². The lowest BCUT2D eigenvalue weighted by Crippen LogP contribution is -2.10. The summed E-state index contributed by atoms with van der Waals surface area (Å²) < 4.78 is 48.9. The summed E-state index contributed by atoms with van der Waals surface area (Å²) in [4.78, 5) is 0. The first-order valence-electron chi connectivity index (χ1n) is 18.7. The SMILES string of the molecule is Cc1cccc(C(F)(F)F)c1-c1cc(-n2c3ccccc3c3cc(-c4ccccc4)ccc32)c(C#N)c(-n2c3ccccc3c3cc(-c4ccccc4)ccc32)c1. The quantitative estimate of drug-likeness (QED) is 0.173. The van der Waals surface area contributed by atoms with Crippen LogP contribution in [0.1, 0.15) is 16.7 Å². The summed E-state index contributed by atoms with van der Waals surface area (Å²) in [7, 11) is 0. The molecule has 2 aromatic heterocycles. The first kappa shape index (κ1) is 34.2. The third kappa shape index (κ3) is 5.50. The maximum absolute atomic E-state index is 14.9. The van der Waals surface area contributed by atoms with Crippen LogP contribution >= 0.6 is 0 Å². The minimum Gasteiger partial charge on any atom is -0.308 e. The Balaban J connectivity index is 1.34. The Morgan fingerprint density at radius 2 is 0.895 bits per heavy atom. The lowest BCUT2D eigenvalue weighted by Gasteiger charge is -2.21. The van der Waals surface area contributed by atoms with Crippen molar-refractivity contribution in [2.24, 2.45) is 0 Å². The topological polar surface area (TPSA) is 33.6 Å². The summed E-state index contributed by atoms with van der Waals surface area (Å²) in [5, 5.41) is 15.2. The van der Waals surface area contributed by atoms with Gasteiger partial charge in [0, 0.05) is 21.5 Å². The van der Waals surface area contributed by atoms with E-state index in [4.69, 9.17) is 0 Å². The van der Waals surface area contributed by atoms with Crippen molar-refractivity contribution in [2.45, 2.75) is 13.1 Å². The molecule has 0 spiro atoms. The molecule has 0 saturated heterocycles. The second-order valence-corrected chi connectivity index (χ2v) is 14.4. The van der Waals surface area contributed by atoms with E-state index in [1.165, 1.54) is 6.07 Å². The summed E-state index contributed by atoms with van der Waals surface area (Å²) in [5.41, 5.74) is 9.09. The monoisotopic (exact) mass is 743 g/mol. The van der Waals surface area contributed by atoms with Gasteiger partial charge in [-0.2, -0.15) is 18.4 Å². The molecule has 0 atom stereocenters. The van der Waals surface area contributed by atoms with Crippen LogP contribution < -0.4 is 0 Å². The van der Waals surface area contributed by atoms with Crippen molar-refractivity contribution in [3.63, 3.8) is 0 Å². The molecule has 10 rings (SSSR count). The zero-order valence-electron chi connectivity index (χ0n) is 30.7. The number of benzene rings is 8. The fourth-order valence-corrected chi connectivity index (χ4v) is 8.60. The van der Waals surface area contributed by atoms with Crippen molar-refractivity contribution in [1.82, 2.24) is 9.13 Å². The van der Waals surface area contributed by atoms with Crippen LogP contribution in [0.4, 0.5) is 13.2 Å². The molecular formula is C51H32F3N3. The molecule has 0 radical (unpaired) electrons. The molecule has 0 N–H and O–H groups in total. The minimum atomic E-state index is -4.61. The number of halogens is 3. The van der Waals surface area contributed by atoms with E-state index in [2.05, 4.69) is 66.7 Å². The summed E-state index contributed by atoms with van der Waals surface area (Å²) >= 11 is 0.